The van der Waals surface area contributed by atoms with E-state index in [2.05, 4.69) is 27.1 Å². The molecular weight excluding hydrogens is 496 g/mol. The van der Waals surface area contributed by atoms with Gasteiger partial charge < -0.3 is 19.2 Å². The maximum atomic E-state index is 13.4. The predicted octanol–water partition coefficient (Wildman–Crippen LogP) is 4.31. The van der Waals surface area contributed by atoms with Crippen LogP contribution in [0.15, 0.2) is 52.0 Å². The van der Waals surface area contributed by atoms with E-state index in [1.807, 2.05) is 0 Å². The number of allylic oxidation sites excluding steroid dienone is 2. The first-order valence-electron chi connectivity index (χ1n) is 10.3. The molecular formula is C22H19ClF4N4O4. The van der Waals surface area contributed by atoms with Crippen molar-refractivity contribution in [1.82, 2.24) is 15.5 Å². The van der Waals surface area contributed by atoms with Gasteiger partial charge in [0, 0.05) is 24.0 Å². The monoisotopic (exact) mass is 514 g/mol. The summed E-state index contributed by atoms with van der Waals surface area (Å²) in [6.45, 7) is 2.64. The van der Waals surface area contributed by atoms with Gasteiger partial charge in [0.15, 0.2) is 6.61 Å². The number of ether oxygens (including phenoxy) is 2. The minimum Gasteiger partial charge on any atom is -0.484 e. The number of nitrogens with zero attached hydrogens (tertiary/aromatic N) is 3. The van der Waals surface area contributed by atoms with Gasteiger partial charge in [-0.25, -0.2) is 4.39 Å². The van der Waals surface area contributed by atoms with Crippen molar-refractivity contribution in [1.29, 1.82) is 0 Å². The van der Waals surface area contributed by atoms with E-state index < -0.39 is 17.6 Å². The Kier molecular flexibility index (Phi) is 6.58. The van der Waals surface area contributed by atoms with E-state index in [-0.39, 0.29) is 46.9 Å². The van der Waals surface area contributed by atoms with E-state index >= 15 is 0 Å². The van der Waals surface area contributed by atoms with Crippen LogP contribution in [-0.2, 0) is 10.2 Å². The van der Waals surface area contributed by atoms with E-state index in [4.69, 9.17) is 25.5 Å². The van der Waals surface area contributed by atoms with E-state index in [1.165, 1.54) is 12.1 Å². The Morgan fingerprint density at radius 2 is 2.03 bits per heavy atom. The molecule has 5 rings (SSSR count). The molecule has 1 amide bonds. The summed E-state index contributed by atoms with van der Waals surface area (Å²) in [7, 11) is 0. The van der Waals surface area contributed by atoms with E-state index in [0.29, 0.717) is 37.4 Å². The highest BCUT2D eigenvalue weighted by Gasteiger charge is 2.71. The highest BCUT2D eigenvalue weighted by molar-refractivity contribution is 6.30. The van der Waals surface area contributed by atoms with Crippen molar-refractivity contribution in [3.8, 4) is 11.8 Å². The second-order valence-corrected chi connectivity index (χ2v) is 8.71. The number of carbonyl (C=O) groups excluding carboxylic acids is 1. The molecule has 1 aromatic heterocycles. The molecule has 35 heavy (non-hydrogen) atoms. The third kappa shape index (κ3) is 5.31. The summed E-state index contributed by atoms with van der Waals surface area (Å²) in [6.07, 6.45) is -0.485. The van der Waals surface area contributed by atoms with Gasteiger partial charge in [-0.1, -0.05) is 29.4 Å². The average Bonchev–Trinajstić information content (AvgIpc) is 3.20. The quantitative estimate of drug-likeness (QED) is 0.288. The minimum atomic E-state index is -4.54. The van der Waals surface area contributed by atoms with Gasteiger partial charge in [0.1, 0.15) is 18.2 Å². The molecule has 1 heterocycles. The van der Waals surface area contributed by atoms with Crippen molar-refractivity contribution in [3.05, 3.63) is 59.4 Å². The first-order valence-corrected chi connectivity index (χ1v) is 10.7. The second-order valence-electron chi connectivity index (χ2n) is 8.31. The second kappa shape index (κ2) is 9.33. The molecule has 13 heteroatoms. The van der Waals surface area contributed by atoms with Crippen LogP contribution in [0.3, 0.4) is 0 Å². The molecule has 2 bridgehead atoms. The van der Waals surface area contributed by atoms with Crippen molar-refractivity contribution < 1.29 is 36.2 Å². The summed E-state index contributed by atoms with van der Waals surface area (Å²) in [5.41, 5.74) is -1.73. The molecule has 1 N–H and O–H groups in total. The van der Waals surface area contributed by atoms with Gasteiger partial charge in [0.05, 0.1) is 16.0 Å². The fourth-order valence-corrected chi connectivity index (χ4v) is 4.32. The Morgan fingerprint density at radius 3 is 2.69 bits per heavy atom. The predicted molar refractivity (Wildman–Crippen MR) is 116 cm³/mol. The molecule has 186 valence electrons. The van der Waals surface area contributed by atoms with Gasteiger partial charge in [-0.3, -0.25) is 9.79 Å². The standard InChI is InChI=1S/C22H19ClF4N4O4/c1-2-13(22(25,26)27)8-28-5-6-33-19-31-30-18(35-19)20-10-21(11-20,12-20)29-17(32)9-34-14-3-4-15(23)16(24)7-14/h2-5,7-8H,1,6,9-12H2,(H,29,32)/b13-8+,28-5-. The summed E-state index contributed by atoms with van der Waals surface area (Å²) >= 11 is 5.61. The number of hydrogen-bond donors (Lipinski definition) is 1. The first kappa shape index (κ1) is 24.7. The first-order chi connectivity index (χ1) is 16.5. The number of halogens is 5. The molecule has 3 fully saturated rings. The molecule has 1 aromatic carbocycles. The van der Waals surface area contributed by atoms with E-state index in [1.54, 1.807) is 0 Å². The van der Waals surface area contributed by atoms with Gasteiger partial charge in [-0.05, 0) is 31.4 Å². The average molecular weight is 515 g/mol. The van der Waals surface area contributed by atoms with Gasteiger partial charge in [-0.2, -0.15) is 13.2 Å². The van der Waals surface area contributed by atoms with Crippen LogP contribution in [0, 0.1) is 5.82 Å². The number of aliphatic imine (C=N–C) groups is 1. The van der Waals surface area contributed by atoms with Crippen LogP contribution >= 0.6 is 11.6 Å². The Hall–Kier alpha value is -3.41. The maximum absolute atomic E-state index is 13.4. The number of nitrogens with one attached hydrogen (secondary N) is 1. The molecule has 0 aliphatic heterocycles. The SMILES string of the molecule is C=C/C(=C\N=C/COc1nnc(C23CC(NC(=O)COc4ccc(Cl)c(F)c4)(C2)C3)o1)C(F)(F)F. The molecule has 3 aliphatic carbocycles. The van der Waals surface area contributed by atoms with Gasteiger partial charge in [0.25, 0.3) is 5.91 Å². The fourth-order valence-electron chi connectivity index (χ4n) is 4.20. The summed E-state index contributed by atoms with van der Waals surface area (Å²) in [5.74, 6) is -0.431. The third-order valence-electron chi connectivity index (χ3n) is 5.70. The molecule has 0 unspecified atom stereocenters. The van der Waals surface area contributed by atoms with Crippen LogP contribution in [0.5, 0.6) is 11.8 Å². The Balaban J connectivity index is 1.21. The Bertz CT molecular complexity index is 1170. The summed E-state index contributed by atoms with van der Waals surface area (Å²) in [5, 5.41) is 10.6. The number of amides is 1. The fraction of sp³-hybridized carbons (Fsp3) is 0.364. The zero-order valence-electron chi connectivity index (χ0n) is 18.1. The largest absolute Gasteiger partial charge is 0.484 e. The van der Waals surface area contributed by atoms with Crippen molar-refractivity contribution in [2.75, 3.05) is 13.2 Å². The highest BCUT2D eigenvalue weighted by atomic mass is 35.5. The van der Waals surface area contributed by atoms with Gasteiger partial charge in [-0.15, -0.1) is 5.10 Å². The third-order valence-corrected chi connectivity index (χ3v) is 6.01. The molecule has 8 nitrogen and oxygen atoms in total. The molecule has 0 atom stereocenters. The van der Waals surface area contributed by atoms with Crippen molar-refractivity contribution >= 4 is 23.7 Å². The van der Waals surface area contributed by atoms with Crippen LogP contribution in [0.4, 0.5) is 17.6 Å². The number of carbonyl (C=O) groups is 1. The van der Waals surface area contributed by atoms with Gasteiger partial charge in [0.2, 0.25) is 5.89 Å². The molecule has 0 spiro atoms. The number of benzene rings is 1. The number of rotatable bonds is 10. The molecule has 0 saturated heterocycles. The van der Waals surface area contributed by atoms with E-state index in [0.717, 1.165) is 12.3 Å². The molecule has 3 saturated carbocycles. The minimum absolute atomic E-state index is 0.0381. The Morgan fingerprint density at radius 1 is 1.29 bits per heavy atom. The summed E-state index contributed by atoms with van der Waals surface area (Å²) < 4.78 is 67.1. The van der Waals surface area contributed by atoms with Gasteiger partial charge >= 0.3 is 12.3 Å². The highest BCUT2D eigenvalue weighted by Crippen LogP contribution is 2.67. The lowest BCUT2D eigenvalue weighted by atomic mass is 9.39. The van der Waals surface area contributed by atoms with Crippen LogP contribution in [0.25, 0.3) is 0 Å². The van der Waals surface area contributed by atoms with E-state index in [9.17, 15) is 22.4 Å². The maximum Gasteiger partial charge on any atom is 0.417 e. The zero-order valence-corrected chi connectivity index (χ0v) is 18.8. The summed E-state index contributed by atoms with van der Waals surface area (Å²) in [6, 6.07) is 3.91. The van der Waals surface area contributed by atoms with Crippen molar-refractivity contribution in [3.63, 3.8) is 0 Å². The number of aromatic nitrogens is 2. The van der Waals surface area contributed by atoms with Crippen LogP contribution in [-0.4, -0.2) is 47.2 Å². The molecule has 0 radical (unpaired) electrons. The Labute approximate surface area is 201 Å². The lowest BCUT2D eigenvalue weighted by Gasteiger charge is -2.68. The summed E-state index contributed by atoms with van der Waals surface area (Å²) in [4.78, 5) is 15.7. The number of hydrogen-bond acceptors (Lipinski definition) is 7. The van der Waals surface area contributed by atoms with Crippen LogP contribution in [0.1, 0.15) is 25.2 Å². The smallest absolute Gasteiger partial charge is 0.417 e. The lowest BCUT2D eigenvalue weighted by molar-refractivity contribution is -0.143. The molecule has 2 aromatic rings. The molecule has 3 aliphatic rings. The van der Waals surface area contributed by atoms with Crippen molar-refractivity contribution in [2.24, 2.45) is 4.99 Å². The normalized spacial score (nSPS) is 23.4. The number of alkyl halides is 3. The zero-order chi connectivity index (χ0) is 25.3. The van der Waals surface area contributed by atoms with Crippen LogP contribution in [0.2, 0.25) is 5.02 Å². The topological polar surface area (TPSA) is 98.8 Å². The van der Waals surface area contributed by atoms with Crippen molar-refractivity contribution in [2.45, 2.75) is 36.4 Å². The lowest BCUT2D eigenvalue weighted by Crippen LogP contribution is -2.77. The van der Waals surface area contributed by atoms with Crippen LogP contribution < -0.4 is 14.8 Å².